The minimum atomic E-state index is -1.16. The quantitative estimate of drug-likeness (QED) is 0.154. The fraction of sp³-hybridized carbons (Fsp3) is 0.783. The van der Waals surface area contributed by atoms with Crippen molar-refractivity contribution >= 4 is 29.8 Å². The summed E-state index contributed by atoms with van der Waals surface area (Å²) >= 11 is 0. The van der Waals surface area contributed by atoms with Crippen molar-refractivity contribution in [2.24, 2.45) is 11.8 Å². The molecule has 1 heterocycles. The van der Waals surface area contributed by atoms with Crippen LogP contribution >= 0.6 is 0 Å². The molecule has 1 unspecified atom stereocenters. The first-order chi connectivity index (χ1) is 16.5. The Bertz CT molecular complexity index is 718. The van der Waals surface area contributed by atoms with Crippen LogP contribution in [-0.4, -0.2) is 80.9 Å². The van der Waals surface area contributed by atoms with Crippen LogP contribution in [0.1, 0.15) is 54.4 Å². The summed E-state index contributed by atoms with van der Waals surface area (Å²) in [5.74, 6) is -4.75. The average molecular weight is 505 g/mol. The third-order valence-corrected chi connectivity index (χ3v) is 5.12. The van der Waals surface area contributed by atoms with Gasteiger partial charge >= 0.3 is 29.8 Å². The molecule has 35 heavy (non-hydrogen) atoms. The van der Waals surface area contributed by atoms with Gasteiger partial charge in [-0.2, -0.15) is 0 Å². The molecule has 0 bridgehead atoms. The number of carbonyl (C=O) groups excluding carboxylic acids is 5. The zero-order valence-electron chi connectivity index (χ0n) is 21.1. The lowest BCUT2D eigenvalue weighted by molar-refractivity contribution is -0.294. The van der Waals surface area contributed by atoms with Gasteiger partial charge in [0.2, 0.25) is 0 Å². The first-order valence-electron chi connectivity index (χ1n) is 11.6. The minimum Gasteiger partial charge on any atom is -0.465 e. The van der Waals surface area contributed by atoms with Gasteiger partial charge in [-0.05, 0) is 26.7 Å². The van der Waals surface area contributed by atoms with Crippen molar-refractivity contribution in [1.29, 1.82) is 0 Å². The Morgan fingerprint density at radius 3 is 1.83 bits per heavy atom. The molecule has 0 aromatic rings. The molecule has 1 aliphatic heterocycles. The summed E-state index contributed by atoms with van der Waals surface area (Å²) in [5.41, 5.74) is 0. The molecular formula is C23H36O12. The molecule has 1 aliphatic rings. The highest BCUT2D eigenvalue weighted by Crippen LogP contribution is 2.32. The van der Waals surface area contributed by atoms with Gasteiger partial charge in [0.1, 0.15) is 18.8 Å². The topological polar surface area (TPSA) is 150 Å². The monoisotopic (exact) mass is 504 g/mol. The van der Waals surface area contributed by atoms with E-state index in [-0.39, 0.29) is 39.3 Å². The third kappa shape index (κ3) is 10.2. The Morgan fingerprint density at radius 1 is 0.800 bits per heavy atom. The van der Waals surface area contributed by atoms with Gasteiger partial charge in [-0.1, -0.05) is 6.92 Å². The van der Waals surface area contributed by atoms with Gasteiger partial charge in [0.05, 0.1) is 13.2 Å². The Morgan fingerprint density at radius 2 is 1.34 bits per heavy atom. The van der Waals surface area contributed by atoms with E-state index in [2.05, 4.69) is 0 Å². The van der Waals surface area contributed by atoms with E-state index in [9.17, 15) is 24.0 Å². The molecular weight excluding hydrogens is 468 g/mol. The molecule has 12 heteroatoms. The van der Waals surface area contributed by atoms with E-state index in [1.165, 1.54) is 20.8 Å². The van der Waals surface area contributed by atoms with Gasteiger partial charge in [-0.25, -0.2) is 0 Å². The number of hydrogen-bond acceptors (Lipinski definition) is 12. The van der Waals surface area contributed by atoms with E-state index in [4.69, 9.17) is 33.2 Å². The largest absolute Gasteiger partial charge is 0.465 e. The zero-order chi connectivity index (χ0) is 26.5. The van der Waals surface area contributed by atoms with Crippen LogP contribution in [0.15, 0.2) is 0 Å². The molecule has 0 saturated carbocycles. The van der Waals surface area contributed by atoms with Gasteiger partial charge < -0.3 is 33.2 Å². The Hall–Kier alpha value is -2.73. The summed E-state index contributed by atoms with van der Waals surface area (Å²) in [6.07, 6.45) is -3.58. The standard InChI is InChI=1S/C23H36O12/c1-7-29-21(27)17(22(28)30-8-2)10-9-11-31-23-20(34-16(6)26)19(33-15(5)25)13(3)18(35-23)12-32-14(4)24/h13,17-20,23H,7-12H2,1-6H3/t13-,18-,19+,20-,23?/m1/s1. The van der Waals surface area contributed by atoms with Gasteiger partial charge in [0.25, 0.3) is 0 Å². The molecule has 0 aromatic heterocycles. The van der Waals surface area contributed by atoms with Crippen LogP contribution in [0.4, 0.5) is 0 Å². The molecule has 1 fully saturated rings. The number of carbonyl (C=O) groups is 5. The second kappa shape index (κ2) is 15.3. The number of rotatable bonds is 13. The van der Waals surface area contributed by atoms with Crippen molar-refractivity contribution in [1.82, 2.24) is 0 Å². The second-order valence-electron chi connectivity index (χ2n) is 7.92. The maximum Gasteiger partial charge on any atom is 0.320 e. The van der Waals surface area contributed by atoms with Gasteiger partial charge in [-0.15, -0.1) is 0 Å². The molecule has 200 valence electrons. The Labute approximate surface area is 204 Å². The van der Waals surface area contributed by atoms with Gasteiger partial charge in [0.15, 0.2) is 18.3 Å². The van der Waals surface area contributed by atoms with E-state index in [1.54, 1.807) is 20.8 Å². The van der Waals surface area contributed by atoms with E-state index in [1.807, 2.05) is 0 Å². The SMILES string of the molecule is CCOC(=O)C(CCCOC1O[C@H](COC(C)=O)[C@@H](C)[C@H](OC(C)=O)[C@H]1OC(C)=O)C(=O)OCC. The molecule has 0 aromatic carbocycles. The lowest BCUT2D eigenvalue weighted by Gasteiger charge is -2.43. The number of ether oxygens (including phenoxy) is 7. The van der Waals surface area contributed by atoms with Crippen molar-refractivity contribution in [2.45, 2.75) is 79.0 Å². The van der Waals surface area contributed by atoms with Gasteiger partial charge in [0, 0.05) is 33.3 Å². The fourth-order valence-corrected chi connectivity index (χ4v) is 3.55. The predicted octanol–water partition coefficient (Wildman–Crippen LogP) is 1.31. The molecule has 0 radical (unpaired) electrons. The Balaban J connectivity index is 2.95. The minimum absolute atomic E-state index is 0.000794. The van der Waals surface area contributed by atoms with Crippen molar-refractivity contribution in [2.75, 3.05) is 26.4 Å². The highest BCUT2D eigenvalue weighted by molar-refractivity contribution is 5.94. The number of esters is 5. The summed E-state index contributed by atoms with van der Waals surface area (Å²) in [7, 11) is 0. The lowest BCUT2D eigenvalue weighted by atomic mass is 9.90. The molecule has 0 amide bonds. The summed E-state index contributed by atoms with van der Waals surface area (Å²) in [6, 6.07) is 0. The second-order valence-corrected chi connectivity index (χ2v) is 7.92. The van der Waals surface area contributed by atoms with Crippen LogP contribution < -0.4 is 0 Å². The van der Waals surface area contributed by atoms with E-state index in [0.717, 1.165) is 0 Å². The molecule has 0 aliphatic carbocycles. The summed E-state index contributed by atoms with van der Waals surface area (Å²) in [5, 5.41) is 0. The first-order valence-corrected chi connectivity index (χ1v) is 11.6. The zero-order valence-corrected chi connectivity index (χ0v) is 21.1. The highest BCUT2D eigenvalue weighted by Gasteiger charge is 2.48. The fourth-order valence-electron chi connectivity index (χ4n) is 3.55. The van der Waals surface area contributed by atoms with Crippen LogP contribution in [0, 0.1) is 11.8 Å². The first kappa shape index (κ1) is 30.3. The maximum absolute atomic E-state index is 12.1. The summed E-state index contributed by atoms with van der Waals surface area (Å²) in [4.78, 5) is 59.0. The van der Waals surface area contributed by atoms with Crippen LogP contribution in [0.5, 0.6) is 0 Å². The highest BCUT2D eigenvalue weighted by atomic mass is 16.7. The third-order valence-electron chi connectivity index (χ3n) is 5.12. The van der Waals surface area contributed by atoms with Crippen LogP contribution in [-0.2, 0) is 57.1 Å². The van der Waals surface area contributed by atoms with Crippen molar-refractivity contribution < 1.29 is 57.1 Å². The molecule has 0 spiro atoms. The predicted molar refractivity (Wildman–Crippen MR) is 118 cm³/mol. The molecule has 0 N–H and O–H groups in total. The lowest BCUT2D eigenvalue weighted by Crippen LogP contribution is -2.58. The van der Waals surface area contributed by atoms with Crippen LogP contribution in [0.2, 0.25) is 0 Å². The average Bonchev–Trinajstić information content (AvgIpc) is 2.76. The molecule has 5 atom stereocenters. The van der Waals surface area contributed by atoms with Gasteiger partial charge in [-0.3, -0.25) is 24.0 Å². The van der Waals surface area contributed by atoms with Crippen molar-refractivity contribution in [3.63, 3.8) is 0 Å². The van der Waals surface area contributed by atoms with E-state index in [0.29, 0.717) is 0 Å². The van der Waals surface area contributed by atoms with Crippen molar-refractivity contribution in [3.8, 4) is 0 Å². The van der Waals surface area contributed by atoms with Crippen LogP contribution in [0.25, 0.3) is 0 Å². The molecule has 1 rings (SSSR count). The molecule has 12 nitrogen and oxygen atoms in total. The van der Waals surface area contributed by atoms with E-state index >= 15 is 0 Å². The maximum atomic E-state index is 12.1. The Kier molecular flexibility index (Phi) is 13.2. The number of hydrogen-bond donors (Lipinski definition) is 0. The van der Waals surface area contributed by atoms with Crippen molar-refractivity contribution in [3.05, 3.63) is 0 Å². The summed E-state index contributed by atoms with van der Waals surface area (Å²) in [6.45, 7) is 8.73. The summed E-state index contributed by atoms with van der Waals surface area (Å²) < 4.78 is 37.4. The normalized spacial score (nSPS) is 23.8. The molecule has 1 saturated heterocycles. The smallest absolute Gasteiger partial charge is 0.320 e. The van der Waals surface area contributed by atoms with Crippen LogP contribution in [0.3, 0.4) is 0 Å². The van der Waals surface area contributed by atoms with E-state index < -0.39 is 66.3 Å².